The number of carbonyl (C=O) groups excluding carboxylic acids is 1. The number of rotatable bonds is 3. The van der Waals surface area contributed by atoms with Crippen molar-refractivity contribution in [3.8, 4) is 0 Å². The first kappa shape index (κ1) is 17.0. The number of benzene rings is 2. The zero-order valence-corrected chi connectivity index (χ0v) is 15.9. The van der Waals surface area contributed by atoms with Crippen LogP contribution in [0.1, 0.15) is 37.1 Å². The fourth-order valence-corrected chi connectivity index (χ4v) is 5.34. The third-order valence-corrected chi connectivity index (χ3v) is 6.93. The van der Waals surface area contributed by atoms with Gasteiger partial charge in [-0.2, -0.15) is 0 Å². The summed E-state index contributed by atoms with van der Waals surface area (Å²) in [4.78, 5) is 17.9. The first-order valence-corrected chi connectivity index (χ1v) is 9.90. The van der Waals surface area contributed by atoms with E-state index in [9.17, 15) is 4.79 Å². The van der Waals surface area contributed by atoms with Crippen LogP contribution in [0.25, 0.3) is 0 Å². The monoisotopic (exact) mass is 362 g/mol. The predicted molar refractivity (Wildman–Crippen MR) is 104 cm³/mol. The average Bonchev–Trinajstić information content (AvgIpc) is 3.35. The van der Waals surface area contributed by atoms with E-state index < -0.39 is 5.72 Å². The van der Waals surface area contributed by atoms with Crippen molar-refractivity contribution in [2.24, 2.45) is 11.8 Å². The lowest BCUT2D eigenvalue weighted by molar-refractivity contribution is -0.141. The van der Waals surface area contributed by atoms with E-state index in [1.54, 1.807) is 0 Å². The number of nitrogens with zero attached hydrogens (tertiary/aromatic N) is 2. The molecule has 0 saturated carbocycles. The lowest BCUT2D eigenvalue weighted by Gasteiger charge is -2.35. The van der Waals surface area contributed by atoms with Crippen molar-refractivity contribution < 1.29 is 9.53 Å². The summed E-state index contributed by atoms with van der Waals surface area (Å²) in [6.07, 6.45) is 0. The smallest absolute Gasteiger partial charge is 0.230 e. The van der Waals surface area contributed by atoms with Gasteiger partial charge in [-0.25, -0.2) is 0 Å². The summed E-state index contributed by atoms with van der Waals surface area (Å²) < 4.78 is 6.33. The molecule has 0 radical (unpaired) electrons. The highest BCUT2D eigenvalue weighted by Crippen LogP contribution is 2.53. The molecule has 4 heteroatoms. The zero-order chi connectivity index (χ0) is 18.6. The van der Waals surface area contributed by atoms with Crippen LogP contribution in [0, 0.1) is 11.8 Å². The number of hydrogen-bond donors (Lipinski definition) is 0. The highest BCUT2D eigenvalue weighted by atomic mass is 16.5. The summed E-state index contributed by atoms with van der Waals surface area (Å²) in [6.45, 7) is 6.67. The molecule has 4 nitrogen and oxygen atoms in total. The Balaban J connectivity index is 1.40. The summed E-state index contributed by atoms with van der Waals surface area (Å²) in [5.74, 6) is 0.522. The van der Waals surface area contributed by atoms with E-state index in [1.807, 2.05) is 29.2 Å². The molecule has 5 atom stereocenters. The van der Waals surface area contributed by atoms with Crippen molar-refractivity contribution in [3.63, 3.8) is 0 Å². The summed E-state index contributed by atoms with van der Waals surface area (Å²) in [7, 11) is 0. The molecule has 0 bridgehead atoms. The van der Waals surface area contributed by atoms with E-state index in [0.29, 0.717) is 12.6 Å². The maximum absolute atomic E-state index is 13.4. The van der Waals surface area contributed by atoms with Crippen LogP contribution in [0.15, 0.2) is 60.7 Å². The van der Waals surface area contributed by atoms with Crippen LogP contribution in [0.4, 0.5) is 0 Å². The molecule has 3 aliphatic heterocycles. The molecule has 3 saturated heterocycles. The van der Waals surface area contributed by atoms with E-state index in [2.05, 4.69) is 55.1 Å². The van der Waals surface area contributed by atoms with Gasteiger partial charge in [-0.1, -0.05) is 60.7 Å². The Morgan fingerprint density at radius 1 is 1.04 bits per heavy atom. The van der Waals surface area contributed by atoms with Crippen LogP contribution in [0.5, 0.6) is 0 Å². The van der Waals surface area contributed by atoms with E-state index >= 15 is 0 Å². The van der Waals surface area contributed by atoms with Crippen LogP contribution in [0.3, 0.4) is 0 Å². The molecule has 3 aliphatic rings. The van der Waals surface area contributed by atoms with Crippen LogP contribution in [-0.4, -0.2) is 41.1 Å². The summed E-state index contributed by atoms with van der Waals surface area (Å²) in [5, 5.41) is 0. The van der Waals surface area contributed by atoms with Crippen LogP contribution in [0.2, 0.25) is 0 Å². The molecule has 5 rings (SSSR count). The molecule has 0 spiro atoms. The minimum atomic E-state index is -0.493. The molecular formula is C23H26N2O2. The second-order valence-electron chi connectivity index (χ2n) is 8.25. The molecule has 2 aromatic carbocycles. The van der Waals surface area contributed by atoms with Gasteiger partial charge in [0, 0.05) is 25.0 Å². The SMILES string of the molecule is C[C@H](c1ccccc1)N1C[C@@H]2C(=O)N3[C@@H](c4ccccc4)CO[C@]3(C)[C@@H]2C1. The molecule has 0 aliphatic carbocycles. The van der Waals surface area contributed by atoms with E-state index in [-0.39, 0.29) is 23.8 Å². The molecular weight excluding hydrogens is 336 g/mol. The lowest BCUT2D eigenvalue weighted by Crippen LogP contribution is -2.46. The molecule has 2 aromatic rings. The van der Waals surface area contributed by atoms with Crippen LogP contribution >= 0.6 is 0 Å². The highest BCUT2D eigenvalue weighted by molar-refractivity contribution is 5.84. The van der Waals surface area contributed by atoms with Gasteiger partial charge in [0.05, 0.1) is 18.6 Å². The normalized spacial score (nSPS) is 33.9. The second kappa shape index (κ2) is 6.18. The Morgan fingerprint density at radius 3 is 2.41 bits per heavy atom. The summed E-state index contributed by atoms with van der Waals surface area (Å²) in [5.41, 5.74) is 1.98. The maximum atomic E-state index is 13.4. The minimum absolute atomic E-state index is 0.0349. The third-order valence-electron chi connectivity index (χ3n) is 6.93. The summed E-state index contributed by atoms with van der Waals surface area (Å²) >= 11 is 0. The highest BCUT2D eigenvalue weighted by Gasteiger charge is 2.64. The number of fused-ring (bicyclic) bond motifs is 3. The number of amides is 1. The van der Waals surface area contributed by atoms with Gasteiger partial charge in [0.2, 0.25) is 5.91 Å². The average molecular weight is 362 g/mol. The van der Waals surface area contributed by atoms with E-state index in [1.165, 1.54) is 11.1 Å². The molecule has 0 unspecified atom stereocenters. The van der Waals surface area contributed by atoms with Crippen molar-refractivity contribution in [3.05, 3.63) is 71.8 Å². The van der Waals surface area contributed by atoms with Gasteiger partial charge in [-0.05, 0) is 25.0 Å². The number of hydrogen-bond acceptors (Lipinski definition) is 3. The second-order valence-corrected chi connectivity index (χ2v) is 8.25. The molecule has 3 fully saturated rings. The van der Waals surface area contributed by atoms with Crippen molar-refractivity contribution in [2.45, 2.75) is 31.7 Å². The Hall–Kier alpha value is -2.17. The molecule has 3 heterocycles. The number of likely N-dealkylation sites (tertiary alicyclic amines) is 1. The van der Waals surface area contributed by atoms with Gasteiger partial charge in [-0.15, -0.1) is 0 Å². The Morgan fingerprint density at radius 2 is 1.70 bits per heavy atom. The van der Waals surface area contributed by atoms with Gasteiger partial charge in [0.1, 0.15) is 5.72 Å². The first-order chi connectivity index (χ1) is 13.1. The molecule has 140 valence electrons. The predicted octanol–water partition coefficient (Wildman–Crippen LogP) is 3.63. The molecule has 0 N–H and O–H groups in total. The zero-order valence-electron chi connectivity index (χ0n) is 15.9. The van der Waals surface area contributed by atoms with Crippen molar-refractivity contribution in [1.29, 1.82) is 0 Å². The van der Waals surface area contributed by atoms with E-state index in [4.69, 9.17) is 4.74 Å². The molecule has 0 aromatic heterocycles. The van der Waals surface area contributed by atoms with Crippen LogP contribution < -0.4 is 0 Å². The van der Waals surface area contributed by atoms with Gasteiger partial charge in [0.15, 0.2) is 0 Å². The largest absolute Gasteiger partial charge is 0.353 e. The fraction of sp³-hybridized carbons (Fsp3) is 0.435. The van der Waals surface area contributed by atoms with Gasteiger partial charge in [0.25, 0.3) is 0 Å². The Kier molecular flexibility index (Phi) is 3.88. The molecule has 1 amide bonds. The van der Waals surface area contributed by atoms with Crippen molar-refractivity contribution >= 4 is 5.91 Å². The minimum Gasteiger partial charge on any atom is -0.353 e. The lowest BCUT2D eigenvalue weighted by atomic mass is 9.92. The fourth-order valence-electron chi connectivity index (χ4n) is 5.34. The maximum Gasteiger partial charge on any atom is 0.230 e. The third kappa shape index (κ3) is 2.47. The summed E-state index contributed by atoms with van der Waals surface area (Å²) in [6, 6.07) is 21.2. The topological polar surface area (TPSA) is 32.8 Å². The standard InChI is InChI=1S/C23H26N2O2/c1-16(17-9-5-3-6-10-17)24-13-19-20(14-24)23(2)25(22(19)26)21(15-27-23)18-11-7-4-8-12-18/h3-12,16,19-21H,13-15H2,1-2H3/t16-,19+,20-,21-,23-/m1/s1. The van der Waals surface area contributed by atoms with Gasteiger partial charge >= 0.3 is 0 Å². The van der Waals surface area contributed by atoms with Crippen LogP contribution in [-0.2, 0) is 9.53 Å². The number of ether oxygens (including phenoxy) is 1. The van der Waals surface area contributed by atoms with Crippen molar-refractivity contribution in [1.82, 2.24) is 9.80 Å². The first-order valence-electron chi connectivity index (χ1n) is 9.90. The molecule has 27 heavy (non-hydrogen) atoms. The number of carbonyl (C=O) groups is 1. The Labute approximate surface area is 160 Å². The van der Waals surface area contributed by atoms with E-state index in [0.717, 1.165) is 13.1 Å². The van der Waals surface area contributed by atoms with Gasteiger partial charge < -0.3 is 9.64 Å². The Bertz CT molecular complexity index is 840. The quantitative estimate of drug-likeness (QED) is 0.836. The van der Waals surface area contributed by atoms with Crippen molar-refractivity contribution in [2.75, 3.05) is 19.7 Å². The van der Waals surface area contributed by atoms with Gasteiger partial charge in [-0.3, -0.25) is 9.69 Å².